The number of nitrogens with zero attached hydrogens (tertiary/aromatic N) is 1. The summed E-state index contributed by atoms with van der Waals surface area (Å²) in [4.78, 5) is 2.76. The van der Waals surface area contributed by atoms with E-state index in [1.807, 2.05) is 0 Å². The quantitative estimate of drug-likeness (QED) is 0.845. The molecule has 3 heteroatoms. The highest BCUT2D eigenvalue weighted by Crippen LogP contribution is 2.41. The Morgan fingerprint density at radius 1 is 1.15 bits per heavy atom. The summed E-state index contributed by atoms with van der Waals surface area (Å²) in [5.41, 5.74) is 6.31. The van der Waals surface area contributed by atoms with E-state index in [0.717, 1.165) is 25.1 Å². The van der Waals surface area contributed by atoms with Gasteiger partial charge in [0.1, 0.15) is 0 Å². The standard InChI is InChI=1S/C17H32N2O/c1-14-6-5-10-19(16(14)13-18)15-7-11-20-17(12-15)8-3-2-4-9-17/h14-16H,2-13,18H2,1H3. The van der Waals surface area contributed by atoms with E-state index in [-0.39, 0.29) is 5.60 Å². The van der Waals surface area contributed by atoms with Gasteiger partial charge in [0.05, 0.1) is 5.60 Å². The van der Waals surface area contributed by atoms with E-state index in [4.69, 9.17) is 10.5 Å². The van der Waals surface area contributed by atoms with Gasteiger partial charge in [0, 0.05) is 25.2 Å². The second-order valence-corrected chi connectivity index (χ2v) is 7.40. The Balaban J connectivity index is 1.69. The Morgan fingerprint density at radius 3 is 2.70 bits per heavy atom. The van der Waals surface area contributed by atoms with Crippen LogP contribution >= 0.6 is 0 Å². The molecule has 0 aromatic rings. The third-order valence-electron chi connectivity index (χ3n) is 6.10. The summed E-state index contributed by atoms with van der Waals surface area (Å²) in [5, 5.41) is 0. The highest BCUT2D eigenvalue weighted by atomic mass is 16.5. The monoisotopic (exact) mass is 280 g/mol. The number of hydrogen-bond acceptors (Lipinski definition) is 3. The van der Waals surface area contributed by atoms with Crippen molar-refractivity contribution in [3.8, 4) is 0 Å². The molecule has 1 saturated carbocycles. The van der Waals surface area contributed by atoms with Crippen molar-refractivity contribution in [3.63, 3.8) is 0 Å². The zero-order chi connectivity index (χ0) is 14.0. The molecule has 3 unspecified atom stereocenters. The predicted octanol–water partition coefficient (Wildman–Crippen LogP) is 2.93. The molecular formula is C17H32N2O. The van der Waals surface area contributed by atoms with Crippen molar-refractivity contribution < 1.29 is 4.74 Å². The maximum atomic E-state index is 6.27. The van der Waals surface area contributed by atoms with Crippen LogP contribution in [0.5, 0.6) is 0 Å². The van der Waals surface area contributed by atoms with Gasteiger partial charge in [-0.1, -0.05) is 26.2 Å². The van der Waals surface area contributed by atoms with Crippen LogP contribution in [0.25, 0.3) is 0 Å². The molecule has 2 heterocycles. The molecule has 2 saturated heterocycles. The minimum atomic E-state index is 0.223. The average Bonchev–Trinajstić information content (AvgIpc) is 2.48. The van der Waals surface area contributed by atoms with Crippen LogP contribution in [0, 0.1) is 5.92 Å². The summed E-state index contributed by atoms with van der Waals surface area (Å²) >= 11 is 0. The third kappa shape index (κ3) is 2.90. The summed E-state index contributed by atoms with van der Waals surface area (Å²) < 4.78 is 6.27. The molecule has 1 spiro atoms. The van der Waals surface area contributed by atoms with Crippen LogP contribution in [-0.4, -0.2) is 42.3 Å². The van der Waals surface area contributed by atoms with Gasteiger partial charge in [-0.2, -0.15) is 0 Å². The third-order valence-corrected chi connectivity index (χ3v) is 6.10. The number of piperidine rings is 1. The van der Waals surface area contributed by atoms with E-state index >= 15 is 0 Å². The molecule has 0 aromatic heterocycles. The minimum Gasteiger partial charge on any atom is -0.375 e. The Kier molecular flexibility index (Phi) is 4.68. The van der Waals surface area contributed by atoms with Gasteiger partial charge >= 0.3 is 0 Å². The molecule has 3 fully saturated rings. The second kappa shape index (κ2) is 6.33. The molecule has 0 radical (unpaired) electrons. The van der Waals surface area contributed by atoms with Gasteiger partial charge in [-0.25, -0.2) is 0 Å². The summed E-state index contributed by atoms with van der Waals surface area (Å²) in [7, 11) is 0. The van der Waals surface area contributed by atoms with Gasteiger partial charge in [0.15, 0.2) is 0 Å². The van der Waals surface area contributed by atoms with Crippen LogP contribution in [-0.2, 0) is 4.74 Å². The van der Waals surface area contributed by atoms with Crippen LogP contribution in [0.4, 0.5) is 0 Å². The molecule has 0 amide bonds. The van der Waals surface area contributed by atoms with Crippen molar-refractivity contribution in [3.05, 3.63) is 0 Å². The first kappa shape index (κ1) is 14.8. The van der Waals surface area contributed by atoms with Crippen molar-refractivity contribution in [2.45, 2.75) is 82.4 Å². The molecule has 20 heavy (non-hydrogen) atoms. The van der Waals surface area contributed by atoms with Crippen LogP contribution in [0.3, 0.4) is 0 Å². The molecule has 0 bridgehead atoms. The SMILES string of the molecule is CC1CCCN(C2CCOC3(CCCCC3)C2)C1CN. The highest BCUT2D eigenvalue weighted by Gasteiger charge is 2.42. The van der Waals surface area contributed by atoms with Gasteiger partial charge in [-0.05, 0) is 51.0 Å². The Bertz CT molecular complexity index is 309. The molecule has 3 nitrogen and oxygen atoms in total. The summed E-state index contributed by atoms with van der Waals surface area (Å²) in [6, 6.07) is 1.32. The maximum Gasteiger partial charge on any atom is 0.0697 e. The lowest BCUT2D eigenvalue weighted by Crippen LogP contribution is -2.57. The lowest BCUT2D eigenvalue weighted by molar-refractivity contribution is -0.132. The first-order chi connectivity index (χ1) is 9.74. The maximum absolute atomic E-state index is 6.27. The van der Waals surface area contributed by atoms with Crippen molar-refractivity contribution in [2.75, 3.05) is 19.7 Å². The summed E-state index contributed by atoms with van der Waals surface area (Å²) in [6.07, 6.45) is 11.9. The molecule has 3 aliphatic rings. The highest BCUT2D eigenvalue weighted by molar-refractivity contribution is 4.96. The average molecular weight is 280 g/mol. The van der Waals surface area contributed by atoms with E-state index in [1.165, 1.54) is 64.3 Å². The van der Waals surface area contributed by atoms with Gasteiger partial charge in [0.2, 0.25) is 0 Å². The second-order valence-electron chi connectivity index (χ2n) is 7.40. The van der Waals surface area contributed by atoms with Gasteiger partial charge < -0.3 is 10.5 Å². The van der Waals surface area contributed by atoms with Crippen molar-refractivity contribution in [1.82, 2.24) is 4.90 Å². The van der Waals surface area contributed by atoms with E-state index in [2.05, 4.69) is 11.8 Å². The molecule has 1 aliphatic carbocycles. The van der Waals surface area contributed by atoms with E-state index < -0.39 is 0 Å². The summed E-state index contributed by atoms with van der Waals surface area (Å²) in [6.45, 7) is 5.44. The van der Waals surface area contributed by atoms with Crippen molar-refractivity contribution in [2.24, 2.45) is 11.7 Å². The Hall–Kier alpha value is -0.120. The molecule has 0 aromatic carbocycles. The lowest BCUT2D eigenvalue weighted by Gasteiger charge is -2.50. The lowest BCUT2D eigenvalue weighted by atomic mass is 9.77. The summed E-state index contributed by atoms with van der Waals surface area (Å²) in [5.74, 6) is 0.763. The number of ether oxygens (including phenoxy) is 1. The van der Waals surface area contributed by atoms with Crippen molar-refractivity contribution >= 4 is 0 Å². The molecule has 2 N–H and O–H groups in total. The molecule has 2 aliphatic heterocycles. The predicted molar refractivity (Wildman–Crippen MR) is 82.7 cm³/mol. The first-order valence-electron chi connectivity index (χ1n) is 8.84. The van der Waals surface area contributed by atoms with Crippen LogP contribution in [0.1, 0.15) is 64.7 Å². The van der Waals surface area contributed by atoms with Gasteiger partial charge in [-0.15, -0.1) is 0 Å². The van der Waals surface area contributed by atoms with Gasteiger partial charge in [-0.3, -0.25) is 4.90 Å². The van der Waals surface area contributed by atoms with E-state index in [9.17, 15) is 0 Å². The number of rotatable bonds is 2. The first-order valence-corrected chi connectivity index (χ1v) is 8.84. The molecule has 3 atom stereocenters. The van der Waals surface area contributed by atoms with Gasteiger partial charge in [0.25, 0.3) is 0 Å². The zero-order valence-electron chi connectivity index (χ0n) is 13.2. The molecule has 116 valence electrons. The smallest absolute Gasteiger partial charge is 0.0697 e. The number of nitrogens with two attached hydrogens (primary N) is 1. The minimum absolute atomic E-state index is 0.223. The van der Waals surface area contributed by atoms with Crippen LogP contribution < -0.4 is 5.73 Å². The Labute approximate surface area is 124 Å². The zero-order valence-corrected chi connectivity index (χ0v) is 13.2. The van der Waals surface area contributed by atoms with Crippen molar-refractivity contribution in [1.29, 1.82) is 0 Å². The number of likely N-dealkylation sites (tertiary alicyclic amines) is 1. The largest absolute Gasteiger partial charge is 0.375 e. The topological polar surface area (TPSA) is 38.5 Å². The molecular weight excluding hydrogens is 248 g/mol. The fraction of sp³-hybridized carbons (Fsp3) is 1.00. The van der Waals surface area contributed by atoms with Crippen LogP contribution in [0.15, 0.2) is 0 Å². The number of hydrogen-bond donors (Lipinski definition) is 1. The van der Waals surface area contributed by atoms with E-state index in [0.29, 0.717) is 6.04 Å². The fourth-order valence-corrected chi connectivity index (χ4v) is 4.93. The molecule has 3 rings (SSSR count). The normalized spacial score (nSPS) is 39.0. The Morgan fingerprint density at radius 2 is 1.95 bits per heavy atom. The van der Waals surface area contributed by atoms with Crippen LogP contribution in [0.2, 0.25) is 0 Å². The van der Waals surface area contributed by atoms with E-state index in [1.54, 1.807) is 0 Å². The fourth-order valence-electron chi connectivity index (χ4n) is 4.93.